The van der Waals surface area contributed by atoms with Crippen LogP contribution in [0.5, 0.6) is 0 Å². The second-order valence-electron chi connectivity index (χ2n) is 4.87. The van der Waals surface area contributed by atoms with Gasteiger partial charge in [-0.1, -0.05) is 6.08 Å². The Morgan fingerprint density at radius 2 is 2.24 bits per heavy atom. The van der Waals surface area contributed by atoms with Gasteiger partial charge in [-0.3, -0.25) is 14.4 Å². The minimum Gasteiger partial charge on any atom is -0.465 e. The van der Waals surface area contributed by atoms with Crippen molar-refractivity contribution >= 4 is 23.6 Å². The summed E-state index contributed by atoms with van der Waals surface area (Å²) in [5, 5.41) is 2.51. The van der Waals surface area contributed by atoms with E-state index in [9.17, 15) is 14.4 Å². The van der Waals surface area contributed by atoms with Gasteiger partial charge in [-0.15, -0.1) is 0 Å². The molecule has 0 bridgehead atoms. The number of aliphatic imine (C=N–C) groups is 1. The third-order valence-electron chi connectivity index (χ3n) is 3.29. The topological polar surface area (TPSA) is 88.1 Å². The van der Waals surface area contributed by atoms with Crippen molar-refractivity contribution in [2.24, 2.45) is 4.99 Å². The van der Waals surface area contributed by atoms with Crippen LogP contribution in [0.3, 0.4) is 0 Å². The van der Waals surface area contributed by atoms with Crippen LogP contribution < -0.4 is 5.32 Å². The normalized spacial score (nSPS) is 23.4. The van der Waals surface area contributed by atoms with Crippen molar-refractivity contribution in [2.45, 2.75) is 25.8 Å². The zero-order chi connectivity index (χ0) is 15.5. The van der Waals surface area contributed by atoms with Gasteiger partial charge in [0.05, 0.1) is 13.0 Å². The monoisotopic (exact) mass is 291 g/mol. The number of hydrogen-bond acceptors (Lipinski definition) is 5. The summed E-state index contributed by atoms with van der Waals surface area (Å²) >= 11 is 0. The maximum Gasteiger partial charge on any atom is 0.325 e. The van der Waals surface area contributed by atoms with Gasteiger partial charge in [-0.25, -0.2) is 0 Å². The SMILES string of the molecule is CCOC(=O)CNC(=O)C1(C)CC(=O)N=C2C=CC=CN21. The summed E-state index contributed by atoms with van der Waals surface area (Å²) in [6.45, 7) is 3.36. The highest BCUT2D eigenvalue weighted by atomic mass is 16.5. The van der Waals surface area contributed by atoms with Crippen LogP contribution in [-0.2, 0) is 19.1 Å². The van der Waals surface area contributed by atoms with Crippen LogP contribution in [0.15, 0.2) is 29.4 Å². The molecule has 0 aromatic carbocycles. The first-order chi connectivity index (χ1) is 9.97. The van der Waals surface area contributed by atoms with Crippen LogP contribution in [-0.4, -0.2) is 47.2 Å². The maximum atomic E-state index is 12.4. The minimum atomic E-state index is -1.11. The van der Waals surface area contributed by atoms with E-state index >= 15 is 0 Å². The predicted octanol–water partition coefficient (Wildman–Crippen LogP) is 0.139. The first-order valence-corrected chi connectivity index (χ1v) is 6.67. The van der Waals surface area contributed by atoms with E-state index in [-0.39, 0.29) is 25.5 Å². The molecule has 7 nitrogen and oxygen atoms in total. The number of fused-ring (bicyclic) bond motifs is 1. The van der Waals surface area contributed by atoms with Crippen molar-refractivity contribution in [1.29, 1.82) is 0 Å². The van der Waals surface area contributed by atoms with Gasteiger partial charge in [0.15, 0.2) is 0 Å². The van der Waals surface area contributed by atoms with Crippen LogP contribution in [0.1, 0.15) is 20.3 Å². The molecular formula is C14H17N3O4. The summed E-state index contributed by atoms with van der Waals surface area (Å²) in [6.07, 6.45) is 6.79. The van der Waals surface area contributed by atoms with Crippen molar-refractivity contribution in [1.82, 2.24) is 10.2 Å². The fourth-order valence-corrected chi connectivity index (χ4v) is 2.23. The second-order valence-corrected chi connectivity index (χ2v) is 4.87. The molecule has 112 valence electrons. The molecule has 0 saturated carbocycles. The fraction of sp³-hybridized carbons (Fsp3) is 0.429. The summed E-state index contributed by atoms with van der Waals surface area (Å²) < 4.78 is 4.76. The van der Waals surface area contributed by atoms with Crippen molar-refractivity contribution in [3.05, 3.63) is 24.4 Å². The van der Waals surface area contributed by atoms with Crippen molar-refractivity contribution in [2.75, 3.05) is 13.2 Å². The highest BCUT2D eigenvalue weighted by molar-refractivity contribution is 6.09. The number of allylic oxidation sites excluding steroid dienone is 2. The van der Waals surface area contributed by atoms with E-state index < -0.39 is 17.4 Å². The molecule has 7 heteroatoms. The molecule has 1 atom stereocenters. The Kier molecular flexibility index (Phi) is 4.21. The number of amides is 2. The summed E-state index contributed by atoms with van der Waals surface area (Å²) in [5.41, 5.74) is -1.11. The quantitative estimate of drug-likeness (QED) is 0.744. The third-order valence-corrected chi connectivity index (χ3v) is 3.29. The Morgan fingerprint density at radius 1 is 1.48 bits per heavy atom. The van der Waals surface area contributed by atoms with E-state index in [1.54, 1.807) is 43.2 Å². The number of carbonyl (C=O) groups excluding carboxylic acids is 3. The van der Waals surface area contributed by atoms with Crippen LogP contribution in [0, 0.1) is 0 Å². The lowest BCUT2D eigenvalue weighted by Crippen LogP contribution is -2.60. The first-order valence-electron chi connectivity index (χ1n) is 6.67. The molecule has 0 aromatic heterocycles. The lowest BCUT2D eigenvalue weighted by atomic mass is 9.91. The Labute approximate surface area is 122 Å². The number of nitrogens with one attached hydrogen (secondary N) is 1. The fourth-order valence-electron chi connectivity index (χ4n) is 2.23. The molecule has 0 aliphatic carbocycles. The van der Waals surface area contributed by atoms with Crippen molar-refractivity contribution < 1.29 is 19.1 Å². The summed E-state index contributed by atoms with van der Waals surface area (Å²) in [6, 6.07) is 0. The molecule has 1 unspecified atom stereocenters. The van der Waals surface area contributed by atoms with Gasteiger partial charge in [-0.05, 0) is 26.0 Å². The molecule has 0 aromatic rings. The third kappa shape index (κ3) is 3.01. The maximum absolute atomic E-state index is 12.4. The Hall–Kier alpha value is -2.44. The molecule has 0 saturated heterocycles. The molecular weight excluding hydrogens is 274 g/mol. The number of ether oxygens (including phenoxy) is 1. The van der Waals surface area contributed by atoms with Gasteiger partial charge in [0.25, 0.3) is 5.91 Å². The van der Waals surface area contributed by atoms with E-state index in [0.29, 0.717) is 5.84 Å². The number of hydrogen-bond donors (Lipinski definition) is 1. The van der Waals surface area contributed by atoms with E-state index in [0.717, 1.165) is 0 Å². The predicted molar refractivity (Wildman–Crippen MR) is 75.2 cm³/mol. The average Bonchev–Trinajstić information content (AvgIpc) is 2.44. The Morgan fingerprint density at radius 3 is 2.95 bits per heavy atom. The Balaban J connectivity index is 2.13. The van der Waals surface area contributed by atoms with Crippen molar-refractivity contribution in [3.8, 4) is 0 Å². The van der Waals surface area contributed by atoms with Gasteiger partial charge in [-0.2, -0.15) is 4.99 Å². The molecule has 1 N–H and O–H groups in total. The van der Waals surface area contributed by atoms with Gasteiger partial charge >= 0.3 is 5.97 Å². The van der Waals surface area contributed by atoms with Crippen molar-refractivity contribution in [3.63, 3.8) is 0 Å². The van der Waals surface area contributed by atoms with E-state index in [1.807, 2.05) is 0 Å². The Bertz CT molecular complexity index is 565. The highest BCUT2D eigenvalue weighted by Gasteiger charge is 2.45. The standard InChI is InChI=1S/C14H17N3O4/c1-3-21-12(19)9-15-13(20)14(2)8-11(18)16-10-6-4-5-7-17(10)14/h4-7H,3,8-9H2,1-2H3,(H,15,20). The molecule has 2 aliphatic heterocycles. The molecule has 21 heavy (non-hydrogen) atoms. The molecule has 2 amide bonds. The van der Waals surface area contributed by atoms with E-state index in [4.69, 9.17) is 4.74 Å². The number of amidine groups is 1. The van der Waals surface area contributed by atoms with E-state index in [2.05, 4.69) is 10.3 Å². The van der Waals surface area contributed by atoms with Gasteiger partial charge in [0.1, 0.15) is 17.9 Å². The zero-order valence-electron chi connectivity index (χ0n) is 12.0. The minimum absolute atomic E-state index is 0.0522. The van der Waals surface area contributed by atoms with Crippen LogP contribution in [0.4, 0.5) is 0 Å². The highest BCUT2D eigenvalue weighted by Crippen LogP contribution is 2.27. The van der Waals surface area contributed by atoms with Crippen LogP contribution in [0.25, 0.3) is 0 Å². The molecule has 0 spiro atoms. The molecule has 0 fully saturated rings. The largest absolute Gasteiger partial charge is 0.465 e. The summed E-state index contributed by atoms with van der Waals surface area (Å²) in [7, 11) is 0. The van der Waals surface area contributed by atoms with Crippen LogP contribution in [0.2, 0.25) is 0 Å². The van der Waals surface area contributed by atoms with Crippen LogP contribution >= 0.6 is 0 Å². The number of nitrogens with zero attached hydrogens (tertiary/aromatic N) is 2. The summed E-state index contributed by atoms with van der Waals surface area (Å²) in [4.78, 5) is 41.0. The molecule has 2 rings (SSSR count). The number of esters is 1. The molecule has 2 heterocycles. The second kappa shape index (κ2) is 5.90. The van der Waals surface area contributed by atoms with Gasteiger partial charge < -0.3 is 15.0 Å². The first kappa shape index (κ1) is 15.0. The number of carbonyl (C=O) groups is 3. The number of rotatable bonds is 4. The molecule has 2 aliphatic rings. The zero-order valence-corrected chi connectivity index (χ0v) is 12.0. The average molecular weight is 291 g/mol. The molecule has 0 radical (unpaired) electrons. The van der Waals surface area contributed by atoms with Gasteiger partial charge in [0, 0.05) is 6.20 Å². The lowest BCUT2D eigenvalue weighted by molar-refractivity contribution is -0.144. The van der Waals surface area contributed by atoms with Gasteiger partial charge in [0.2, 0.25) is 5.91 Å². The smallest absolute Gasteiger partial charge is 0.325 e. The summed E-state index contributed by atoms with van der Waals surface area (Å²) in [5.74, 6) is -0.881. The lowest BCUT2D eigenvalue weighted by Gasteiger charge is -2.41. The van der Waals surface area contributed by atoms with E-state index in [1.165, 1.54) is 0 Å².